The van der Waals surface area contributed by atoms with Crippen molar-refractivity contribution in [2.45, 2.75) is 31.9 Å². The monoisotopic (exact) mass is 355 g/mol. The van der Waals surface area contributed by atoms with Crippen molar-refractivity contribution in [3.8, 4) is 0 Å². The van der Waals surface area contributed by atoms with Gasteiger partial charge in [-0.3, -0.25) is 9.59 Å². The summed E-state index contributed by atoms with van der Waals surface area (Å²) < 4.78 is 42.5. The number of piperidine rings is 1. The number of likely N-dealkylation sites (tertiary alicyclic amines) is 1. The van der Waals surface area contributed by atoms with Crippen molar-refractivity contribution in [1.82, 2.24) is 4.90 Å². The van der Waals surface area contributed by atoms with Gasteiger partial charge in [0.1, 0.15) is 0 Å². The van der Waals surface area contributed by atoms with Gasteiger partial charge < -0.3 is 9.64 Å². The van der Waals surface area contributed by atoms with Crippen molar-refractivity contribution < 1.29 is 27.5 Å². The number of alkyl halides is 3. The van der Waals surface area contributed by atoms with Crippen molar-refractivity contribution in [2.75, 3.05) is 20.2 Å². The molecule has 0 aromatic heterocycles. The highest BCUT2D eigenvalue weighted by Crippen LogP contribution is 2.59. The molecule has 0 bridgehead atoms. The number of hydrogen-bond donors (Lipinski definition) is 0. The Morgan fingerprint density at radius 2 is 1.80 bits per heavy atom. The number of hydrogen-bond acceptors (Lipinski definition) is 3. The fraction of sp³-hybridized carbons (Fsp3) is 0.556. The minimum absolute atomic E-state index is 0.0156. The second-order valence-electron chi connectivity index (χ2n) is 6.89. The van der Waals surface area contributed by atoms with Crippen molar-refractivity contribution in [2.24, 2.45) is 11.3 Å². The zero-order chi connectivity index (χ0) is 18.2. The van der Waals surface area contributed by atoms with Crippen molar-refractivity contribution >= 4 is 11.9 Å². The molecule has 1 saturated carbocycles. The van der Waals surface area contributed by atoms with Crippen LogP contribution in [0.15, 0.2) is 24.3 Å². The van der Waals surface area contributed by atoms with Crippen LogP contribution in [-0.2, 0) is 26.9 Å². The van der Waals surface area contributed by atoms with E-state index in [4.69, 9.17) is 4.74 Å². The number of carbonyl (C=O) groups is 2. The van der Waals surface area contributed by atoms with E-state index in [1.807, 2.05) is 0 Å². The minimum Gasteiger partial charge on any atom is -0.469 e. The molecule has 7 heteroatoms. The highest BCUT2D eigenvalue weighted by molar-refractivity contribution is 5.79. The first-order chi connectivity index (χ1) is 11.7. The highest BCUT2D eigenvalue weighted by Gasteiger charge is 2.59. The summed E-state index contributed by atoms with van der Waals surface area (Å²) in [7, 11) is 1.39. The second kappa shape index (κ2) is 6.35. The summed E-state index contributed by atoms with van der Waals surface area (Å²) in [5.41, 5.74) is -0.165. The van der Waals surface area contributed by atoms with Crippen molar-refractivity contribution in [3.05, 3.63) is 35.4 Å². The molecule has 1 heterocycles. The first kappa shape index (κ1) is 17.8. The number of methoxy groups -OCH3 is 1. The lowest BCUT2D eigenvalue weighted by Gasteiger charge is -2.32. The number of ether oxygens (including phenoxy) is 1. The average molecular weight is 355 g/mol. The molecule has 2 aliphatic rings. The van der Waals surface area contributed by atoms with Gasteiger partial charge in [-0.2, -0.15) is 13.2 Å². The van der Waals surface area contributed by atoms with E-state index in [9.17, 15) is 22.8 Å². The molecule has 25 heavy (non-hydrogen) atoms. The lowest BCUT2D eigenvalue weighted by atomic mass is 9.90. The van der Waals surface area contributed by atoms with E-state index in [0.717, 1.165) is 31.4 Å². The van der Waals surface area contributed by atoms with E-state index in [2.05, 4.69) is 0 Å². The van der Waals surface area contributed by atoms with E-state index >= 15 is 0 Å². The molecule has 1 spiro atoms. The first-order valence-electron chi connectivity index (χ1n) is 8.27. The fourth-order valence-electron chi connectivity index (χ4n) is 3.68. The molecule has 3 rings (SSSR count). The van der Waals surface area contributed by atoms with Gasteiger partial charge in [0.2, 0.25) is 5.91 Å². The van der Waals surface area contributed by atoms with Gasteiger partial charge in [0.05, 0.1) is 25.0 Å². The molecule has 4 nitrogen and oxygen atoms in total. The molecule has 1 saturated heterocycles. The van der Waals surface area contributed by atoms with Gasteiger partial charge in [-0.1, -0.05) is 12.1 Å². The van der Waals surface area contributed by atoms with Crippen LogP contribution in [0.4, 0.5) is 13.2 Å². The Morgan fingerprint density at radius 3 is 2.32 bits per heavy atom. The average Bonchev–Trinajstić information content (AvgIpc) is 3.27. The summed E-state index contributed by atoms with van der Waals surface area (Å²) in [6, 6.07) is 4.69. The molecule has 1 aliphatic carbocycles. The molecule has 1 atom stereocenters. The third-order valence-electron chi connectivity index (χ3n) is 5.42. The van der Waals surface area contributed by atoms with Crippen LogP contribution in [0.2, 0.25) is 0 Å². The molecular weight excluding hydrogens is 335 g/mol. The van der Waals surface area contributed by atoms with E-state index in [1.165, 1.54) is 19.2 Å². The number of benzene rings is 1. The Morgan fingerprint density at radius 1 is 1.20 bits per heavy atom. The SMILES string of the molecule is COC(=O)[C@H]1CC12CCN(C(=O)Cc1ccc(C(F)(F)F)cc1)CC2. The van der Waals surface area contributed by atoms with Crippen LogP contribution in [0.3, 0.4) is 0 Å². The molecule has 2 fully saturated rings. The van der Waals surface area contributed by atoms with E-state index in [-0.39, 0.29) is 29.6 Å². The Bertz CT molecular complexity index is 661. The number of amides is 1. The van der Waals surface area contributed by atoms with Crippen LogP contribution in [0.1, 0.15) is 30.4 Å². The van der Waals surface area contributed by atoms with Crippen LogP contribution in [0.25, 0.3) is 0 Å². The smallest absolute Gasteiger partial charge is 0.416 e. The third-order valence-corrected chi connectivity index (χ3v) is 5.42. The molecule has 136 valence electrons. The number of esters is 1. The normalized spacial score (nSPS) is 21.9. The fourth-order valence-corrected chi connectivity index (χ4v) is 3.68. The molecular formula is C18H20F3NO3. The van der Waals surface area contributed by atoms with Gasteiger partial charge in [0.25, 0.3) is 0 Å². The molecule has 1 aromatic carbocycles. The van der Waals surface area contributed by atoms with Crippen LogP contribution >= 0.6 is 0 Å². The third kappa shape index (κ3) is 3.65. The topological polar surface area (TPSA) is 46.6 Å². The van der Waals surface area contributed by atoms with E-state index in [0.29, 0.717) is 18.7 Å². The van der Waals surface area contributed by atoms with Gasteiger partial charge in [0.15, 0.2) is 0 Å². The summed E-state index contributed by atoms with van der Waals surface area (Å²) in [5.74, 6) is -0.320. The lowest BCUT2D eigenvalue weighted by Crippen LogP contribution is -2.40. The predicted octanol–water partition coefficient (Wildman–Crippen LogP) is 3.05. The van der Waals surface area contributed by atoms with Crippen molar-refractivity contribution in [3.63, 3.8) is 0 Å². The summed E-state index contributed by atoms with van der Waals surface area (Å²) in [4.78, 5) is 25.7. The first-order valence-corrected chi connectivity index (χ1v) is 8.27. The molecule has 1 aromatic rings. The minimum atomic E-state index is -4.37. The Hall–Kier alpha value is -2.05. The van der Waals surface area contributed by atoms with Gasteiger partial charge in [-0.05, 0) is 42.4 Å². The summed E-state index contributed by atoms with van der Waals surface area (Å²) in [6.07, 6.45) is -1.92. The zero-order valence-corrected chi connectivity index (χ0v) is 13.9. The number of halogens is 3. The van der Waals surface area contributed by atoms with Crippen molar-refractivity contribution in [1.29, 1.82) is 0 Å². The largest absolute Gasteiger partial charge is 0.469 e. The zero-order valence-electron chi connectivity index (χ0n) is 13.9. The molecule has 0 radical (unpaired) electrons. The van der Waals surface area contributed by atoms with Crippen LogP contribution < -0.4 is 0 Å². The maximum Gasteiger partial charge on any atom is 0.416 e. The van der Waals surface area contributed by atoms with Gasteiger partial charge in [-0.15, -0.1) is 0 Å². The summed E-state index contributed by atoms with van der Waals surface area (Å²) in [6.45, 7) is 1.15. The molecule has 0 N–H and O–H groups in total. The summed E-state index contributed by atoms with van der Waals surface area (Å²) >= 11 is 0. The van der Waals surface area contributed by atoms with Gasteiger partial charge >= 0.3 is 12.1 Å². The maximum atomic E-state index is 12.6. The molecule has 1 amide bonds. The van der Waals surface area contributed by atoms with E-state index < -0.39 is 11.7 Å². The Balaban J connectivity index is 1.53. The lowest BCUT2D eigenvalue weighted by molar-refractivity contribution is -0.143. The molecule has 0 unspecified atom stereocenters. The van der Waals surface area contributed by atoms with Crippen LogP contribution in [0.5, 0.6) is 0 Å². The Labute approximate surface area is 143 Å². The van der Waals surface area contributed by atoms with Gasteiger partial charge in [0, 0.05) is 13.1 Å². The van der Waals surface area contributed by atoms with Crippen LogP contribution in [-0.4, -0.2) is 37.0 Å². The Kier molecular flexibility index (Phi) is 4.51. The quantitative estimate of drug-likeness (QED) is 0.783. The second-order valence-corrected chi connectivity index (χ2v) is 6.89. The summed E-state index contributed by atoms with van der Waals surface area (Å²) in [5, 5.41) is 0. The van der Waals surface area contributed by atoms with E-state index in [1.54, 1.807) is 4.90 Å². The maximum absolute atomic E-state index is 12.6. The standard InChI is InChI=1S/C18H20F3NO3/c1-25-16(24)14-11-17(14)6-8-22(9-7-17)15(23)10-12-2-4-13(5-3-12)18(19,20)21/h2-5,14H,6-11H2,1H3/t14-/m1/s1. The number of rotatable bonds is 3. The molecule has 1 aliphatic heterocycles. The van der Waals surface area contributed by atoms with Gasteiger partial charge in [-0.25, -0.2) is 0 Å². The van der Waals surface area contributed by atoms with Crippen LogP contribution in [0, 0.1) is 11.3 Å². The number of carbonyl (C=O) groups excluding carboxylic acids is 2. The number of nitrogens with zero attached hydrogens (tertiary/aromatic N) is 1. The highest BCUT2D eigenvalue weighted by atomic mass is 19.4. The predicted molar refractivity (Wildman–Crippen MR) is 83.5 cm³/mol.